The van der Waals surface area contributed by atoms with Crippen molar-refractivity contribution in [1.82, 2.24) is 0 Å². The van der Waals surface area contributed by atoms with Crippen molar-refractivity contribution in [3.05, 3.63) is 28.3 Å². The molecule has 0 fully saturated rings. The summed E-state index contributed by atoms with van der Waals surface area (Å²) in [6, 6.07) is 4.18. The van der Waals surface area contributed by atoms with E-state index in [1.54, 1.807) is 0 Å². The average molecular weight is 197 g/mol. The normalized spacial score (nSPS) is 21.2. The lowest BCUT2D eigenvalue weighted by Gasteiger charge is -2.22. The number of fused-ring (bicyclic) bond motifs is 1. The smallest absolute Gasteiger partial charge is 0.0670 e. The van der Waals surface area contributed by atoms with Gasteiger partial charge in [-0.25, -0.2) is 0 Å². The summed E-state index contributed by atoms with van der Waals surface area (Å²) in [5.41, 5.74) is 14.7. The van der Waals surface area contributed by atoms with Crippen LogP contribution >= 0.6 is 11.6 Å². The van der Waals surface area contributed by atoms with E-state index in [1.165, 1.54) is 11.1 Å². The van der Waals surface area contributed by atoms with Gasteiger partial charge in [0.25, 0.3) is 0 Å². The van der Waals surface area contributed by atoms with Crippen molar-refractivity contribution in [2.45, 2.75) is 25.3 Å². The van der Waals surface area contributed by atoms with E-state index in [-0.39, 0.29) is 6.04 Å². The Morgan fingerprint density at radius 1 is 1.38 bits per heavy atom. The van der Waals surface area contributed by atoms with E-state index >= 15 is 0 Å². The van der Waals surface area contributed by atoms with Gasteiger partial charge in [0.05, 0.1) is 10.7 Å². The van der Waals surface area contributed by atoms with Gasteiger partial charge in [-0.15, -0.1) is 0 Å². The van der Waals surface area contributed by atoms with Crippen molar-refractivity contribution in [2.24, 2.45) is 5.73 Å². The highest BCUT2D eigenvalue weighted by atomic mass is 35.5. The van der Waals surface area contributed by atoms with Gasteiger partial charge in [-0.2, -0.15) is 0 Å². The maximum absolute atomic E-state index is 6.09. The summed E-state index contributed by atoms with van der Waals surface area (Å²) < 4.78 is 0. The summed E-state index contributed by atoms with van der Waals surface area (Å²) >= 11 is 6.09. The van der Waals surface area contributed by atoms with Crippen LogP contribution in [0.15, 0.2) is 12.1 Å². The minimum atomic E-state index is 0.284. The first-order chi connectivity index (χ1) is 6.18. The standard InChI is InChI=1S/C10H13ClN2/c11-10-8-3-2-7(12)5-6(8)1-4-9(10)13/h1,4,7H,2-3,5,12-13H2/t7-/m0/s1. The van der Waals surface area contributed by atoms with Crippen molar-refractivity contribution in [2.75, 3.05) is 5.73 Å². The van der Waals surface area contributed by atoms with Gasteiger partial charge in [-0.05, 0) is 36.5 Å². The Kier molecular flexibility index (Phi) is 2.18. The fourth-order valence-corrected chi connectivity index (χ4v) is 2.13. The zero-order valence-corrected chi connectivity index (χ0v) is 8.14. The third-order valence-corrected chi connectivity index (χ3v) is 3.06. The molecule has 0 saturated heterocycles. The van der Waals surface area contributed by atoms with Gasteiger partial charge >= 0.3 is 0 Å². The minimum absolute atomic E-state index is 0.284. The Labute approximate surface area is 82.9 Å². The van der Waals surface area contributed by atoms with Gasteiger partial charge in [-0.1, -0.05) is 17.7 Å². The van der Waals surface area contributed by atoms with Crippen LogP contribution in [-0.2, 0) is 12.8 Å². The third kappa shape index (κ3) is 1.52. The Morgan fingerprint density at radius 3 is 2.92 bits per heavy atom. The molecule has 70 valence electrons. The largest absolute Gasteiger partial charge is 0.398 e. The van der Waals surface area contributed by atoms with E-state index < -0.39 is 0 Å². The Bertz CT molecular complexity index is 336. The monoisotopic (exact) mass is 196 g/mol. The SMILES string of the molecule is Nc1ccc2c(c1Cl)CC[C@H](N)C2. The number of nitrogen functional groups attached to an aromatic ring is 1. The van der Waals surface area contributed by atoms with Crippen molar-refractivity contribution >= 4 is 17.3 Å². The summed E-state index contributed by atoms with van der Waals surface area (Å²) in [6.07, 6.45) is 2.89. The maximum Gasteiger partial charge on any atom is 0.0670 e. The number of halogens is 1. The molecule has 0 heterocycles. The highest BCUT2D eigenvalue weighted by molar-refractivity contribution is 6.34. The van der Waals surface area contributed by atoms with Crippen LogP contribution in [0, 0.1) is 0 Å². The molecule has 2 nitrogen and oxygen atoms in total. The molecular weight excluding hydrogens is 184 g/mol. The van der Waals surface area contributed by atoms with Crippen LogP contribution in [0.4, 0.5) is 5.69 Å². The third-order valence-electron chi connectivity index (χ3n) is 2.62. The molecule has 0 bridgehead atoms. The highest BCUT2D eigenvalue weighted by Crippen LogP contribution is 2.31. The average Bonchev–Trinajstić information content (AvgIpc) is 2.12. The fraction of sp³-hybridized carbons (Fsp3) is 0.400. The highest BCUT2D eigenvalue weighted by Gasteiger charge is 2.18. The molecule has 1 aliphatic rings. The lowest BCUT2D eigenvalue weighted by Crippen LogP contribution is -2.28. The molecular formula is C10H13ClN2. The van der Waals surface area contributed by atoms with Crippen LogP contribution in [0.1, 0.15) is 17.5 Å². The molecule has 0 aromatic heterocycles. The number of rotatable bonds is 0. The first kappa shape index (κ1) is 8.85. The van der Waals surface area contributed by atoms with Gasteiger partial charge in [-0.3, -0.25) is 0 Å². The quantitative estimate of drug-likeness (QED) is 0.621. The van der Waals surface area contributed by atoms with Gasteiger partial charge < -0.3 is 11.5 Å². The van der Waals surface area contributed by atoms with Crippen molar-refractivity contribution in [1.29, 1.82) is 0 Å². The van der Waals surface area contributed by atoms with Gasteiger partial charge in [0.1, 0.15) is 0 Å². The molecule has 4 N–H and O–H groups in total. The predicted octanol–water partition coefficient (Wildman–Crippen LogP) is 1.74. The molecule has 1 aromatic carbocycles. The van der Waals surface area contributed by atoms with Gasteiger partial charge in [0.15, 0.2) is 0 Å². The minimum Gasteiger partial charge on any atom is -0.398 e. The maximum atomic E-state index is 6.09. The number of nitrogens with two attached hydrogens (primary N) is 2. The molecule has 0 saturated carbocycles. The van der Waals surface area contributed by atoms with Crippen LogP contribution in [0.25, 0.3) is 0 Å². The number of hydrogen-bond donors (Lipinski definition) is 2. The summed E-state index contributed by atoms with van der Waals surface area (Å²) in [5, 5.41) is 0.726. The summed E-state index contributed by atoms with van der Waals surface area (Å²) in [4.78, 5) is 0. The van der Waals surface area contributed by atoms with Gasteiger partial charge in [0, 0.05) is 6.04 Å². The van der Waals surface area contributed by atoms with Crippen LogP contribution in [0.3, 0.4) is 0 Å². The van der Waals surface area contributed by atoms with Crippen LogP contribution in [0.5, 0.6) is 0 Å². The lowest BCUT2D eigenvalue weighted by molar-refractivity contribution is 0.577. The molecule has 1 atom stereocenters. The Hall–Kier alpha value is -0.730. The molecule has 3 heteroatoms. The van der Waals surface area contributed by atoms with Crippen LogP contribution < -0.4 is 11.5 Å². The second-order valence-electron chi connectivity index (χ2n) is 3.61. The van der Waals surface area contributed by atoms with Gasteiger partial charge in [0.2, 0.25) is 0 Å². The molecule has 13 heavy (non-hydrogen) atoms. The molecule has 2 rings (SSSR count). The van der Waals surface area contributed by atoms with E-state index in [1.807, 2.05) is 12.1 Å². The molecule has 0 aliphatic heterocycles. The van der Waals surface area contributed by atoms with E-state index in [9.17, 15) is 0 Å². The van der Waals surface area contributed by atoms with E-state index in [0.29, 0.717) is 5.69 Å². The number of anilines is 1. The van der Waals surface area contributed by atoms with Crippen LogP contribution in [0.2, 0.25) is 5.02 Å². The number of hydrogen-bond acceptors (Lipinski definition) is 2. The molecule has 0 unspecified atom stereocenters. The van der Waals surface area contributed by atoms with E-state index in [2.05, 4.69) is 0 Å². The zero-order valence-electron chi connectivity index (χ0n) is 7.39. The summed E-state index contributed by atoms with van der Waals surface area (Å²) in [5.74, 6) is 0. The first-order valence-corrected chi connectivity index (χ1v) is 4.87. The van der Waals surface area contributed by atoms with Crippen molar-refractivity contribution < 1.29 is 0 Å². The summed E-state index contributed by atoms with van der Waals surface area (Å²) in [6.45, 7) is 0. The van der Waals surface area contributed by atoms with Crippen molar-refractivity contribution in [3.8, 4) is 0 Å². The van der Waals surface area contributed by atoms with E-state index in [0.717, 1.165) is 24.3 Å². The predicted molar refractivity (Wildman–Crippen MR) is 55.9 cm³/mol. The second kappa shape index (κ2) is 3.20. The molecule has 0 amide bonds. The fourth-order valence-electron chi connectivity index (χ4n) is 1.86. The molecule has 1 aliphatic carbocycles. The van der Waals surface area contributed by atoms with Crippen LogP contribution in [-0.4, -0.2) is 6.04 Å². The van der Waals surface area contributed by atoms with Crippen molar-refractivity contribution in [3.63, 3.8) is 0 Å². The zero-order chi connectivity index (χ0) is 9.42. The lowest BCUT2D eigenvalue weighted by atomic mass is 9.88. The molecule has 0 spiro atoms. The topological polar surface area (TPSA) is 52.0 Å². The first-order valence-electron chi connectivity index (χ1n) is 4.50. The molecule has 1 aromatic rings. The molecule has 0 radical (unpaired) electrons. The summed E-state index contributed by atoms with van der Waals surface area (Å²) in [7, 11) is 0. The Balaban J connectivity index is 2.47. The second-order valence-corrected chi connectivity index (χ2v) is 3.99. The Morgan fingerprint density at radius 2 is 2.15 bits per heavy atom. The number of benzene rings is 1. The van der Waals surface area contributed by atoms with E-state index in [4.69, 9.17) is 23.1 Å².